The molecule has 1 aromatic carbocycles. The van der Waals surface area contributed by atoms with Crippen molar-refractivity contribution in [3.05, 3.63) is 61.2 Å². The van der Waals surface area contributed by atoms with Gasteiger partial charge in [-0.1, -0.05) is 63.3 Å². The van der Waals surface area contributed by atoms with Crippen molar-refractivity contribution in [3.8, 4) is 0 Å². The molecule has 1 spiro atoms. The number of hydrogen-bond acceptors (Lipinski definition) is 6. The predicted molar refractivity (Wildman–Crippen MR) is 154 cm³/mol. The summed E-state index contributed by atoms with van der Waals surface area (Å²) in [5.74, 6) is -1.76. The summed E-state index contributed by atoms with van der Waals surface area (Å²) < 4.78 is 4.84. The van der Waals surface area contributed by atoms with E-state index in [9.17, 15) is 19.5 Å². The molecule has 0 aromatic heterocycles. The number of hydrogen-bond donors (Lipinski definition) is 1. The highest BCUT2D eigenvalue weighted by molar-refractivity contribution is 8.02. The molecular formula is C31H42N2O5S. The third-order valence-electron chi connectivity index (χ3n) is 8.48. The van der Waals surface area contributed by atoms with Crippen LogP contribution in [-0.4, -0.2) is 74.5 Å². The number of esters is 1. The van der Waals surface area contributed by atoms with E-state index >= 15 is 0 Å². The number of amides is 2. The SMILES string of the molecule is C=CCCOC(=O)[C@@H]1[C@@H]2CC(C)C3(S2)C(C(=O)N(CC=C)Cc2ccccc2)N([C@@H](CO)CC(C)C)C(=O)[C@H]13. The molecule has 7 atom stereocenters. The molecule has 2 amide bonds. The topological polar surface area (TPSA) is 87.2 Å². The summed E-state index contributed by atoms with van der Waals surface area (Å²) in [5, 5.41) is 10.4. The summed E-state index contributed by atoms with van der Waals surface area (Å²) in [6.45, 7) is 14.5. The molecule has 0 radical (unpaired) electrons. The van der Waals surface area contributed by atoms with E-state index in [0.717, 1.165) is 12.0 Å². The fraction of sp³-hybridized carbons (Fsp3) is 0.581. The number of fused-ring (bicyclic) bond motifs is 1. The minimum absolute atomic E-state index is 0.0401. The van der Waals surface area contributed by atoms with E-state index in [-0.39, 0.29) is 48.1 Å². The summed E-state index contributed by atoms with van der Waals surface area (Å²) in [5.41, 5.74) is 0.985. The van der Waals surface area contributed by atoms with E-state index in [2.05, 4.69) is 20.1 Å². The van der Waals surface area contributed by atoms with Crippen molar-refractivity contribution in [3.63, 3.8) is 0 Å². The number of carbonyl (C=O) groups is 3. The number of thioether (sulfide) groups is 1. The van der Waals surface area contributed by atoms with E-state index in [1.54, 1.807) is 33.7 Å². The van der Waals surface area contributed by atoms with Crippen LogP contribution in [0.3, 0.4) is 0 Å². The van der Waals surface area contributed by atoms with Gasteiger partial charge in [0.1, 0.15) is 6.04 Å². The van der Waals surface area contributed by atoms with Crippen molar-refractivity contribution in [1.29, 1.82) is 0 Å². The van der Waals surface area contributed by atoms with Crippen LogP contribution >= 0.6 is 11.8 Å². The van der Waals surface area contributed by atoms with Gasteiger partial charge in [0.2, 0.25) is 11.8 Å². The van der Waals surface area contributed by atoms with Gasteiger partial charge in [0.15, 0.2) is 0 Å². The second-order valence-corrected chi connectivity index (χ2v) is 13.1. The van der Waals surface area contributed by atoms with Crippen molar-refractivity contribution >= 4 is 29.5 Å². The highest BCUT2D eigenvalue weighted by Crippen LogP contribution is 2.69. The number of aliphatic hydroxyl groups excluding tert-OH is 1. The van der Waals surface area contributed by atoms with Crippen LogP contribution in [0.2, 0.25) is 0 Å². The molecule has 3 saturated heterocycles. The standard InChI is InChI=1S/C31H42N2O5S/c1-6-8-15-38-30(37)25-24-17-21(5)31(39-24)26(25)28(35)33(23(19-34)16-20(3)4)27(31)29(36)32(14-7-2)18-22-12-10-9-11-13-22/h6-7,9-13,20-21,23-27,34H,1-2,8,14-19H2,3-5H3/t21?,23-,24+,25-,26+,27?,31?/m1/s1. The second-order valence-electron chi connectivity index (χ2n) is 11.5. The summed E-state index contributed by atoms with van der Waals surface area (Å²) in [7, 11) is 0. The Morgan fingerprint density at radius 1 is 1.26 bits per heavy atom. The molecule has 3 unspecified atom stereocenters. The molecule has 0 aliphatic carbocycles. The third kappa shape index (κ3) is 5.30. The van der Waals surface area contributed by atoms with Gasteiger partial charge in [-0.05, 0) is 36.7 Å². The van der Waals surface area contributed by atoms with E-state index in [1.807, 2.05) is 44.2 Å². The van der Waals surface area contributed by atoms with E-state index in [4.69, 9.17) is 4.74 Å². The number of carbonyl (C=O) groups excluding carboxylic acids is 3. The van der Waals surface area contributed by atoms with Crippen LogP contribution < -0.4 is 0 Å². The zero-order valence-corrected chi connectivity index (χ0v) is 24.1. The molecule has 3 heterocycles. The Labute approximate surface area is 236 Å². The van der Waals surface area contributed by atoms with Crippen LogP contribution in [-0.2, 0) is 25.7 Å². The van der Waals surface area contributed by atoms with Crippen LogP contribution in [0.4, 0.5) is 0 Å². The molecule has 2 bridgehead atoms. The Morgan fingerprint density at radius 2 is 1.97 bits per heavy atom. The largest absolute Gasteiger partial charge is 0.465 e. The van der Waals surface area contributed by atoms with Crippen LogP contribution in [0.15, 0.2) is 55.6 Å². The molecule has 3 aliphatic heterocycles. The first-order valence-corrected chi connectivity index (χ1v) is 14.9. The summed E-state index contributed by atoms with van der Waals surface area (Å²) in [6.07, 6.45) is 5.24. The van der Waals surface area contributed by atoms with Gasteiger partial charge in [-0.2, -0.15) is 0 Å². The highest BCUT2D eigenvalue weighted by atomic mass is 32.2. The van der Waals surface area contributed by atoms with Crippen molar-refractivity contribution in [1.82, 2.24) is 9.80 Å². The van der Waals surface area contributed by atoms with Crippen molar-refractivity contribution in [2.24, 2.45) is 23.7 Å². The first-order chi connectivity index (χ1) is 18.7. The summed E-state index contributed by atoms with van der Waals surface area (Å²) in [4.78, 5) is 45.8. The van der Waals surface area contributed by atoms with Crippen molar-refractivity contribution in [2.45, 2.75) is 68.7 Å². The van der Waals surface area contributed by atoms with Crippen LogP contribution in [0.1, 0.15) is 45.6 Å². The second kappa shape index (κ2) is 12.3. The maximum Gasteiger partial charge on any atom is 0.310 e. The quantitative estimate of drug-likeness (QED) is 0.225. The van der Waals surface area contributed by atoms with Gasteiger partial charge < -0.3 is 19.6 Å². The molecule has 1 N–H and O–H groups in total. The van der Waals surface area contributed by atoms with Crippen LogP contribution in [0.5, 0.6) is 0 Å². The first kappa shape index (κ1) is 29.4. The van der Waals surface area contributed by atoms with E-state index in [0.29, 0.717) is 25.9 Å². The smallest absolute Gasteiger partial charge is 0.310 e. The first-order valence-electron chi connectivity index (χ1n) is 14.0. The normalized spacial score (nSPS) is 29.8. The average Bonchev–Trinajstić information content (AvgIpc) is 3.51. The Kier molecular flexibility index (Phi) is 9.27. The predicted octanol–water partition coefficient (Wildman–Crippen LogP) is 4.06. The summed E-state index contributed by atoms with van der Waals surface area (Å²) >= 11 is 1.63. The van der Waals surface area contributed by atoms with E-state index < -0.39 is 28.7 Å². The molecular weight excluding hydrogens is 512 g/mol. The third-order valence-corrected chi connectivity index (χ3v) is 10.6. The fourth-order valence-corrected chi connectivity index (χ4v) is 9.31. The molecule has 3 aliphatic rings. The van der Waals surface area contributed by atoms with E-state index in [1.165, 1.54) is 0 Å². The molecule has 0 saturated carbocycles. The zero-order valence-electron chi connectivity index (χ0n) is 23.3. The Morgan fingerprint density at radius 3 is 2.59 bits per heavy atom. The average molecular weight is 555 g/mol. The Balaban J connectivity index is 1.77. The maximum atomic E-state index is 14.6. The molecule has 39 heavy (non-hydrogen) atoms. The monoisotopic (exact) mass is 554 g/mol. The summed E-state index contributed by atoms with van der Waals surface area (Å²) in [6, 6.07) is 8.47. The number of likely N-dealkylation sites (tertiary alicyclic amines) is 1. The van der Waals surface area contributed by atoms with Gasteiger partial charge in [-0.25, -0.2) is 0 Å². The van der Waals surface area contributed by atoms with Crippen LogP contribution in [0, 0.1) is 23.7 Å². The molecule has 7 nitrogen and oxygen atoms in total. The number of rotatable bonds is 13. The van der Waals surface area contributed by atoms with Gasteiger partial charge >= 0.3 is 5.97 Å². The van der Waals surface area contributed by atoms with Gasteiger partial charge in [-0.3, -0.25) is 14.4 Å². The zero-order chi connectivity index (χ0) is 28.3. The number of ether oxygens (including phenoxy) is 1. The van der Waals surface area contributed by atoms with Gasteiger partial charge in [0, 0.05) is 18.3 Å². The maximum absolute atomic E-state index is 14.6. The van der Waals surface area contributed by atoms with Gasteiger partial charge in [0.25, 0.3) is 0 Å². The molecule has 1 aromatic rings. The van der Waals surface area contributed by atoms with Crippen molar-refractivity contribution in [2.75, 3.05) is 19.8 Å². The number of aliphatic hydroxyl groups is 1. The lowest BCUT2D eigenvalue weighted by atomic mass is 9.66. The minimum Gasteiger partial charge on any atom is -0.465 e. The van der Waals surface area contributed by atoms with Gasteiger partial charge in [0.05, 0.1) is 35.8 Å². The number of benzene rings is 1. The highest BCUT2D eigenvalue weighted by Gasteiger charge is 2.77. The molecule has 212 valence electrons. The van der Waals surface area contributed by atoms with Crippen molar-refractivity contribution < 1.29 is 24.2 Å². The molecule has 3 fully saturated rings. The molecule has 8 heteroatoms. The Bertz CT molecular complexity index is 1080. The van der Waals surface area contributed by atoms with Crippen LogP contribution in [0.25, 0.3) is 0 Å². The molecule has 4 rings (SSSR count). The fourth-order valence-electron chi connectivity index (χ4n) is 6.92. The lowest BCUT2D eigenvalue weighted by Crippen LogP contribution is -2.59. The minimum atomic E-state index is -0.787. The Hall–Kier alpha value is -2.58. The lowest BCUT2D eigenvalue weighted by Gasteiger charge is -2.42. The lowest BCUT2D eigenvalue weighted by molar-refractivity contribution is -0.155. The van der Waals surface area contributed by atoms with Gasteiger partial charge in [-0.15, -0.1) is 24.9 Å². The number of nitrogens with zero attached hydrogens (tertiary/aromatic N) is 2.